The Hall–Kier alpha value is -0.960. The summed E-state index contributed by atoms with van der Waals surface area (Å²) >= 11 is 0. The van der Waals surface area contributed by atoms with Crippen molar-refractivity contribution in [1.82, 2.24) is 15.1 Å². The first-order valence-corrected chi connectivity index (χ1v) is 7.65. The third-order valence-electron chi connectivity index (χ3n) is 3.90. The predicted molar refractivity (Wildman–Crippen MR) is 69.3 cm³/mol. The van der Waals surface area contributed by atoms with Crippen LogP contribution in [0, 0.1) is 5.92 Å². The average Bonchev–Trinajstić information content (AvgIpc) is 2.72. The molecule has 0 aromatic carbocycles. The summed E-state index contributed by atoms with van der Waals surface area (Å²) in [6, 6.07) is 0.772. The SMILES string of the molecule is CN1CCCC2Cc3[nH]ncc3CC21.O=S(=O)(O)O. The Labute approximate surface area is 112 Å². The molecule has 1 aromatic rings. The van der Waals surface area contributed by atoms with Gasteiger partial charge in [0.2, 0.25) is 0 Å². The van der Waals surface area contributed by atoms with E-state index in [4.69, 9.17) is 17.5 Å². The summed E-state index contributed by atoms with van der Waals surface area (Å²) in [6.07, 6.45) is 7.18. The van der Waals surface area contributed by atoms with Gasteiger partial charge in [0, 0.05) is 11.7 Å². The van der Waals surface area contributed by atoms with Gasteiger partial charge in [0.1, 0.15) is 0 Å². The van der Waals surface area contributed by atoms with Crippen molar-refractivity contribution in [2.24, 2.45) is 5.92 Å². The van der Waals surface area contributed by atoms with Crippen molar-refractivity contribution in [3.63, 3.8) is 0 Å². The van der Waals surface area contributed by atoms with Gasteiger partial charge in [-0.1, -0.05) is 0 Å². The second kappa shape index (κ2) is 5.58. The van der Waals surface area contributed by atoms with Gasteiger partial charge in [-0.25, -0.2) is 0 Å². The van der Waals surface area contributed by atoms with Crippen LogP contribution in [-0.4, -0.2) is 52.3 Å². The number of aromatic amines is 1. The Morgan fingerprint density at radius 1 is 1.42 bits per heavy atom. The van der Waals surface area contributed by atoms with Crippen LogP contribution in [0.3, 0.4) is 0 Å². The van der Waals surface area contributed by atoms with Crippen molar-refractivity contribution >= 4 is 10.4 Å². The largest absolute Gasteiger partial charge is 0.394 e. The molecule has 8 heteroatoms. The van der Waals surface area contributed by atoms with Gasteiger partial charge in [-0.05, 0) is 50.8 Å². The maximum atomic E-state index is 8.74. The van der Waals surface area contributed by atoms with Crippen molar-refractivity contribution < 1.29 is 17.5 Å². The van der Waals surface area contributed by atoms with E-state index in [1.807, 2.05) is 6.20 Å². The van der Waals surface area contributed by atoms with E-state index in [1.165, 1.54) is 43.5 Å². The molecule has 3 rings (SSSR count). The van der Waals surface area contributed by atoms with Crippen LogP contribution in [0.2, 0.25) is 0 Å². The van der Waals surface area contributed by atoms with E-state index in [9.17, 15) is 0 Å². The normalized spacial score (nSPS) is 26.9. The highest BCUT2D eigenvalue weighted by atomic mass is 32.3. The Morgan fingerprint density at radius 3 is 2.79 bits per heavy atom. The van der Waals surface area contributed by atoms with Gasteiger partial charge in [0.05, 0.1) is 6.20 Å². The Balaban J connectivity index is 0.000000232. The molecule has 0 bridgehead atoms. The van der Waals surface area contributed by atoms with Gasteiger partial charge >= 0.3 is 10.4 Å². The average molecular weight is 289 g/mol. The highest BCUT2D eigenvalue weighted by Gasteiger charge is 2.34. The zero-order valence-electron chi connectivity index (χ0n) is 10.8. The molecule has 2 heterocycles. The number of aromatic nitrogens is 2. The molecule has 2 aliphatic rings. The lowest BCUT2D eigenvalue weighted by molar-refractivity contribution is 0.112. The van der Waals surface area contributed by atoms with Crippen LogP contribution in [0.4, 0.5) is 0 Å². The highest BCUT2D eigenvalue weighted by molar-refractivity contribution is 7.79. The van der Waals surface area contributed by atoms with E-state index in [0.717, 1.165) is 12.0 Å². The maximum absolute atomic E-state index is 8.74. The third-order valence-corrected chi connectivity index (χ3v) is 3.90. The fraction of sp³-hybridized carbons (Fsp3) is 0.727. The molecular formula is C11H19N3O4S. The molecule has 108 valence electrons. The molecule has 1 fully saturated rings. The number of rotatable bonds is 0. The molecule has 0 spiro atoms. The number of piperidine rings is 1. The Kier molecular flexibility index (Phi) is 4.24. The van der Waals surface area contributed by atoms with Gasteiger partial charge in [-0.3, -0.25) is 14.2 Å². The van der Waals surface area contributed by atoms with Gasteiger partial charge < -0.3 is 4.90 Å². The second-order valence-electron chi connectivity index (χ2n) is 5.18. The molecule has 7 nitrogen and oxygen atoms in total. The molecule has 1 aromatic heterocycles. The van der Waals surface area contributed by atoms with E-state index in [1.54, 1.807) is 0 Å². The fourth-order valence-electron chi connectivity index (χ4n) is 3.06. The summed E-state index contributed by atoms with van der Waals surface area (Å²) in [7, 11) is -2.40. The molecule has 1 aliphatic carbocycles. The summed E-state index contributed by atoms with van der Waals surface area (Å²) in [5, 5.41) is 7.28. The van der Waals surface area contributed by atoms with E-state index in [2.05, 4.69) is 22.1 Å². The zero-order chi connectivity index (χ0) is 14.0. The predicted octanol–water partition coefficient (Wildman–Crippen LogP) is 0.566. The molecule has 3 N–H and O–H groups in total. The lowest BCUT2D eigenvalue weighted by Crippen LogP contribution is -2.46. The van der Waals surface area contributed by atoms with Crippen LogP contribution < -0.4 is 0 Å². The van der Waals surface area contributed by atoms with E-state index in [-0.39, 0.29) is 0 Å². The monoisotopic (exact) mass is 289 g/mol. The lowest BCUT2D eigenvalue weighted by Gasteiger charge is -2.41. The summed E-state index contributed by atoms with van der Waals surface area (Å²) < 4.78 is 31.6. The topological polar surface area (TPSA) is 107 Å². The minimum absolute atomic E-state index is 0.772. The van der Waals surface area contributed by atoms with Crippen LogP contribution >= 0.6 is 0 Å². The summed E-state index contributed by atoms with van der Waals surface area (Å²) in [5.74, 6) is 0.863. The molecule has 2 unspecified atom stereocenters. The van der Waals surface area contributed by atoms with Gasteiger partial charge in [0.25, 0.3) is 0 Å². The first kappa shape index (κ1) is 14.4. The van der Waals surface area contributed by atoms with Crippen molar-refractivity contribution in [3.8, 4) is 0 Å². The third kappa shape index (κ3) is 4.00. The van der Waals surface area contributed by atoms with E-state index >= 15 is 0 Å². The zero-order valence-corrected chi connectivity index (χ0v) is 11.6. The van der Waals surface area contributed by atoms with Crippen LogP contribution in [-0.2, 0) is 23.2 Å². The maximum Gasteiger partial charge on any atom is 0.394 e. The summed E-state index contributed by atoms with van der Waals surface area (Å²) in [6.45, 7) is 1.27. The number of likely N-dealkylation sites (N-methyl/N-ethyl adjacent to an activating group) is 1. The quantitative estimate of drug-likeness (QED) is 0.603. The van der Waals surface area contributed by atoms with Gasteiger partial charge in [-0.15, -0.1) is 0 Å². The number of hydrogen-bond donors (Lipinski definition) is 3. The molecule has 0 radical (unpaired) electrons. The second-order valence-corrected chi connectivity index (χ2v) is 6.08. The van der Waals surface area contributed by atoms with Gasteiger partial charge in [-0.2, -0.15) is 13.5 Å². The molecule has 1 aliphatic heterocycles. The van der Waals surface area contributed by atoms with Crippen LogP contribution in [0.5, 0.6) is 0 Å². The Bertz CT molecular complexity index is 520. The molecule has 0 saturated carbocycles. The van der Waals surface area contributed by atoms with Crippen molar-refractivity contribution in [1.29, 1.82) is 0 Å². The number of hydrogen-bond acceptors (Lipinski definition) is 4. The number of fused-ring (bicyclic) bond motifs is 2. The van der Waals surface area contributed by atoms with Crippen molar-refractivity contribution in [2.75, 3.05) is 13.6 Å². The highest BCUT2D eigenvalue weighted by Crippen LogP contribution is 2.33. The number of nitrogens with zero attached hydrogens (tertiary/aromatic N) is 2. The lowest BCUT2D eigenvalue weighted by atomic mass is 9.78. The molecule has 1 saturated heterocycles. The number of nitrogens with one attached hydrogen (secondary N) is 1. The molecule has 19 heavy (non-hydrogen) atoms. The first-order chi connectivity index (χ1) is 8.84. The van der Waals surface area contributed by atoms with Gasteiger partial charge in [0.15, 0.2) is 0 Å². The van der Waals surface area contributed by atoms with Crippen molar-refractivity contribution in [2.45, 2.75) is 31.7 Å². The summed E-state index contributed by atoms with van der Waals surface area (Å²) in [4.78, 5) is 2.53. The number of H-pyrrole nitrogens is 1. The first-order valence-electron chi connectivity index (χ1n) is 6.26. The standard InChI is InChI=1S/C11H17N3.H2O4S/c1-14-4-2-3-8-5-10-9(6-11(8)14)7-12-13-10;1-5(2,3)4/h7-8,11H,2-6H2,1H3,(H,12,13);(H2,1,2,3,4). The smallest absolute Gasteiger partial charge is 0.303 e. The van der Waals surface area contributed by atoms with Crippen LogP contribution in [0.25, 0.3) is 0 Å². The van der Waals surface area contributed by atoms with E-state index < -0.39 is 10.4 Å². The van der Waals surface area contributed by atoms with Crippen LogP contribution in [0.1, 0.15) is 24.1 Å². The van der Waals surface area contributed by atoms with Crippen LogP contribution in [0.15, 0.2) is 6.20 Å². The van der Waals surface area contributed by atoms with Crippen molar-refractivity contribution in [3.05, 3.63) is 17.5 Å². The summed E-state index contributed by atoms with van der Waals surface area (Å²) in [5.41, 5.74) is 2.83. The molecular weight excluding hydrogens is 270 g/mol. The molecule has 2 atom stereocenters. The Morgan fingerprint density at radius 2 is 2.11 bits per heavy atom. The number of likely N-dealkylation sites (tertiary alicyclic amines) is 1. The molecule has 0 amide bonds. The fourth-order valence-corrected chi connectivity index (χ4v) is 3.06. The van der Waals surface area contributed by atoms with E-state index in [0.29, 0.717) is 0 Å². The minimum Gasteiger partial charge on any atom is -0.303 e. The minimum atomic E-state index is -4.67.